The normalized spacial score (nSPS) is 10.7. The topological polar surface area (TPSA) is 59.7 Å². The third-order valence-electron chi connectivity index (χ3n) is 3.14. The Morgan fingerprint density at radius 1 is 1.10 bits per heavy atom. The van der Waals surface area contributed by atoms with E-state index in [9.17, 15) is 9.90 Å². The molecule has 0 spiro atoms. The van der Waals surface area contributed by atoms with Crippen LogP contribution in [-0.4, -0.2) is 18.2 Å². The summed E-state index contributed by atoms with van der Waals surface area (Å²) in [6.07, 6.45) is 0. The van der Waals surface area contributed by atoms with Crippen molar-refractivity contribution >= 4 is 16.9 Å². The summed E-state index contributed by atoms with van der Waals surface area (Å²) < 4.78 is 9.89. The largest absolute Gasteiger partial charge is 0.504 e. The van der Waals surface area contributed by atoms with Crippen molar-refractivity contribution in [3.05, 3.63) is 54.3 Å². The number of methoxy groups -OCH3 is 1. The molecule has 1 aromatic heterocycles. The number of aromatic hydroxyl groups is 1. The van der Waals surface area contributed by atoms with E-state index in [1.54, 1.807) is 12.1 Å². The first kappa shape index (κ1) is 12.3. The molecule has 3 rings (SSSR count). The van der Waals surface area contributed by atoms with Crippen LogP contribution in [0.15, 0.2) is 52.9 Å². The molecule has 0 atom stereocenters. The van der Waals surface area contributed by atoms with Crippen molar-refractivity contribution in [2.45, 2.75) is 0 Å². The number of hydrogen-bond donors (Lipinski definition) is 1. The van der Waals surface area contributed by atoms with E-state index in [-0.39, 0.29) is 11.5 Å². The molecule has 2 aromatic carbocycles. The van der Waals surface area contributed by atoms with Crippen LogP contribution in [-0.2, 0) is 4.74 Å². The maximum absolute atomic E-state index is 11.5. The molecule has 0 saturated heterocycles. The summed E-state index contributed by atoms with van der Waals surface area (Å²) in [6.45, 7) is 0. The molecule has 0 aliphatic carbocycles. The van der Waals surface area contributed by atoms with E-state index in [1.165, 1.54) is 7.11 Å². The summed E-state index contributed by atoms with van der Waals surface area (Å²) in [4.78, 5) is 11.5. The molecular formula is C16H12O4. The fourth-order valence-electron chi connectivity index (χ4n) is 2.13. The highest BCUT2D eigenvalue weighted by molar-refractivity contribution is 5.99. The zero-order valence-corrected chi connectivity index (χ0v) is 10.8. The van der Waals surface area contributed by atoms with Crippen LogP contribution in [0, 0.1) is 0 Å². The standard InChI is InChI=1S/C16H12O4/c1-19-16(18)15-14(17)12-9-11(7-8-13(12)20-15)10-5-3-2-4-6-10/h2-9,17H,1H3. The lowest BCUT2D eigenvalue weighted by molar-refractivity contribution is 0.0563. The summed E-state index contributed by atoms with van der Waals surface area (Å²) in [7, 11) is 1.24. The second-order valence-electron chi connectivity index (χ2n) is 4.35. The molecule has 0 unspecified atom stereocenters. The van der Waals surface area contributed by atoms with Gasteiger partial charge < -0.3 is 14.3 Å². The van der Waals surface area contributed by atoms with Gasteiger partial charge in [-0.2, -0.15) is 0 Å². The van der Waals surface area contributed by atoms with Crippen LogP contribution in [0.2, 0.25) is 0 Å². The Balaban J connectivity index is 2.17. The van der Waals surface area contributed by atoms with Gasteiger partial charge in [0.2, 0.25) is 0 Å². The summed E-state index contributed by atoms with van der Waals surface area (Å²) >= 11 is 0. The van der Waals surface area contributed by atoms with E-state index in [1.807, 2.05) is 36.4 Å². The first-order valence-electron chi connectivity index (χ1n) is 6.10. The molecule has 20 heavy (non-hydrogen) atoms. The second kappa shape index (κ2) is 4.74. The van der Waals surface area contributed by atoms with Crippen LogP contribution in [0.1, 0.15) is 10.6 Å². The zero-order valence-electron chi connectivity index (χ0n) is 10.8. The Labute approximate surface area is 115 Å². The van der Waals surface area contributed by atoms with Crippen LogP contribution in [0.5, 0.6) is 5.75 Å². The number of fused-ring (bicyclic) bond motifs is 1. The lowest BCUT2D eigenvalue weighted by atomic mass is 10.0. The third kappa shape index (κ3) is 1.91. The molecule has 100 valence electrons. The van der Waals surface area contributed by atoms with E-state index >= 15 is 0 Å². The monoisotopic (exact) mass is 268 g/mol. The van der Waals surface area contributed by atoms with Gasteiger partial charge in [0.25, 0.3) is 5.76 Å². The molecular weight excluding hydrogens is 256 g/mol. The third-order valence-corrected chi connectivity index (χ3v) is 3.14. The fourth-order valence-corrected chi connectivity index (χ4v) is 2.13. The minimum atomic E-state index is -0.694. The Morgan fingerprint density at radius 3 is 2.55 bits per heavy atom. The number of carbonyl (C=O) groups excluding carboxylic acids is 1. The number of benzene rings is 2. The lowest BCUT2D eigenvalue weighted by Crippen LogP contribution is -1.98. The smallest absolute Gasteiger partial charge is 0.377 e. The highest BCUT2D eigenvalue weighted by Gasteiger charge is 2.21. The van der Waals surface area contributed by atoms with E-state index in [4.69, 9.17) is 4.42 Å². The van der Waals surface area contributed by atoms with Crippen molar-refractivity contribution in [2.24, 2.45) is 0 Å². The number of hydrogen-bond acceptors (Lipinski definition) is 4. The van der Waals surface area contributed by atoms with Crippen molar-refractivity contribution in [2.75, 3.05) is 7.11 Å². The predicted molar refractivity (Wildman–Crippen MR) is 74.7 cm³/mol. The fraction of sp³-hybridized carbons (Fsp3) is 0.0625. The van der Waals surface area contributed by atoms with Crippen molar-refractivity contribution in [1.29, 1.82) is 0 Å². The highest BCUT2D eigenvalue weighted by atomic mass is 16.5. The van der Waals surface area contributed by atoms with Crippen molar-refractivity contribution in [1.82, 2.24) is 0 Å². The van der Waals surface area contributed by atoms with Gasteiger partial charge in [-0.05, 0) is 23.3 Å². The molecule has 0 fully saturated rings. The zero-order chi connectivity index (χ0) is 14.1. The highest BCUT2D eigenvalue weighted by Crippen LogP contribution is 2.35. The SMILES string of the molecule is COC(=O)c1oc2ccc(-c3ccccc3)cc2c1O. The van der Waals surface area contributed by atoms with Gasteiger partial charge in [-0.3, -0.25) is 0 Å². The molecule has 3 aromatic rings. The van der Waals surface area contributed by atoms with Crippen LogP contribution in [0.3, 0.4) is 0 Å². The molecule has 4 nitrogen and oxygen atoms in total. The minimum Gasteiger partial charge on any atom is -0.504 e. The molecule has 0 bridgehead atoms. The van der Waals surface area contributed by atoms with Gasteiger partial charge in [0.1, 0.15) is 5.58 Å². The number of carbonyl (C=O) groups is 1. The van der Waals surface area contributed by atoms with Crippen molar-refractivity contribution in [3.8, 4) is 16.9 Å². The Morgan fingerprint density at radius 2 is 1.85 bits per heavy atom. The van der Waals surface area contributed by atoms with Gasteiger partial charge in [-0.1, -0.05) is 36.4 Å². The summed E-state index contributed by atoms with van der Waals surface area (Å²) in [5, 5.41) is 10.6. The van der Waals surface area contributed by atoms with Crippen LogP contribution in [0.25, 0.3) is 22.1 Å². The minimum absolute atomic E-state index is 0.173. The van der Waals surface area contributed by atoms with E-state index in [0.717, 1.165) is 11.1 Å². The Kier molecular flexibility index (Phi) is 2.91. The summed E-state index contributed by atoms with van der Waals surface area (Å²) in [5.41, 5.74) is 2.41. The van der Waals surface area contributed by atoms with E-state index < -0.39 is 5.97 Å². The van der Waals surface area contributed by atoms with Gasteiger partial charge in [0.05, 0.1) is 12.5 Å². The maximum atomic E-state index is 11.5. The molecule has 4 heteroatoms. The van der Waals surface area contributed by atoms with Gasteiger partial charge in [-0.15, -0.1) is 0 Å². The Bertz CT molecular complexity index is 772. The van der Waals surface area contributed by atoms with Gasteiger partial charge in [0.15, 0.2) is 5.75 Å². The first-order valence-corrected chi connectivity index (χ1v) is 6.10. The quantitative estimate of drug-likeness (QED) is 0.721. The summed E-state index contributed by atoms with van der Waals surface area (Å²) in [6, 6.07) is 15.1. The molecule has 0 saturated carbocycles. The van der Waals surface area contributed by atoms with Crippen molar-refractivity contribution < 1.29 is 19.1 Å². The predicted octanol–water partition coefficient (Wildman–Crippen LogP) is 3.59. The molecule has 0 aliphatic rings. The molecule has 1 N–H and O–H groups in total. The molecule has 0 amide bonds. The number of furan rings is 1. The first-order chi connectivity index (χ1) is 9.70. The summed E-state index contributed by atoms with van der Waals surface area (Å²) in [5.74, 6) is -1.06. The van der Waals surface area contributed by atoms with Crippen LogP contribution >= 0.6 is 0 Å². The molecule has 0 radical (unpaired) electrons. The second-order valence-corrected chi connectivity index (χ2v) is 4.35. The molecule has 0 aliphatic heterocycles. The van der Waals surface area contributed by atoms with Crippen LogP contribution in [0.4, 0.5) is 0 Å². The van der Waals surface area contributed by atoms with Gasteiger partial charge in [0, 0.05) is 0 Å². The number of rotatable bonds is 2. The Hall–Kier alpha value is -2.75. The van der Waals surface area contributed by atoms with Crippen LogP contribution < -0.4 is 0 Å². The van der Waals surface area contributed by atoms with Gasteiger partial charge >= 0.3 is 5.97 Å². The average Bonchev–Trinajstić information content (AvgIpc) is 2.84. The number of esters is 1. The maximum Gasteiger partial charge on any atom is 0.377 e. The molecule has 1 heterocycles. The van der Waals surface area contributed by atoms with Gasteiger partial charge in [-0.25, -0.2) is 4.79 Å². The number of ether oxygens (including phenoxy) is 1. The average molecular weight is 268 g/mol. The lowest BCUT2D eigenvalue weighted by Gasteiger charge is -2.00. The van der Waals surface area contributed by atoms with E-state index in [0.29, 0.717) is 11.0 Å². The van der Waals surface area contributed by atoms with Crippen molar-refractivity contribution in [3.63, 3.8) is 0 Å². The van der Waals surface area contributed by atoms with E-state index in [2.05, 4.69) is 4.74 Å².